The zero-order valence-corrected chi connectivity index (χ0v) is 15.4. The molecular formula is C20H23N5O2. The molecule has 0 unspecified atom stereocenters. The Morgan fingerprint density at radius 3 is 2.67 bits per heavy atom. The molecule has 0 saturated carbocycles. The first-order valence-electron chi connectivity index (χ1n) is 9.18. The van der Waals surface area contributed by atoms with Crippen molar-refractivity contribution < 1.29 is 9.53 Å². The number of methoxy groups -OCH3 is 1. The predicted octanol–water partition coefficient (Wildman–Crippen LogP) is 2.31. The number of ether oxygens (including phenoxy) is 1. The van der Waals surface area contributed by atoms with Crippen LogP contribution < -0.4 is 4.74 Å². The fraction of sp³-hybridized carbons (Fsp3) is 0.350. The van der Waals surface area contributed by atoms with Crippen LogP contribution in [0.25, 0.3) is 11.0 Å². The molecule has 1 N–H and O–H groups in total. The van der Waals surface area contributed by atoms with Gasteiger partial charge in [-0.05, 0) is 42.3 Å². The van der Waals surface area contributed by atoms with Gasteiger partial charge in [0.2, 0.25) is 0 Å². The quantitative estimate of drug-likeness (QED) is 0.768. The molecule has 140 valence electrons. The smallest absolute Gasteiger partial charge is 0.253 e. The average Bonchev–Trinajstić information content (AvgIpc) is 3.06. The van der Waals surface area contributed by atoms with Crippen molar-refractivity contribution >= 4 is 16.9 Å². The van der Waals surface area contributed by atoms with Crippen LogP contribution in [0.3, 0.4) is 0 Å². The zero-order chi connectivity index (χ0) is 18.6. The van der Waals surface area contributed by atoms with Crippen LogP contribution in [0.15, 0.2) is 42.5 Å². The molecule has 1 fully saturated rings. The van der Waals surface area contributed by atoms with E-state index in [0.717, 1.165) is 55.9 Å². The summed E-state index contributed by atoms with van der Waals surface area (Å²) in [5.74, 6) is 0.932. The van der Waals surface area contributed by atoms with Crippen molar-refractivity contribution in [1.29, 1.82) is 0 Å². The molecule has 2 heterocycles. The summed E-state index contributed by atoms with van der Waals surface area (Å²) < 4.78 is 5.22. The second-order valence-electron chi connectivity index (χ2n) is 6.80. The number of amides is 1. The normalized spacial score (nSPS) is 15.7. The van der Waals surface area contributed by atoms with Gasteiger partial charge in [-0.25, -0.2) is 0 Å². The minimum absolute atomic E-state index is 0.0613. The summed E-state index contributed by atoms with van der Waals surface area (Å²) in [4.78, 5) is 17.2. The molecular weight excluding hydrogens is 342 g/mol. The van der Waals surface area contributed by atoms with E-state index < -0.39 is 0 Å². The van der Waals surface area contributed by atoms with Gasteiger partial charge in [0.05, 0.1) is 7.11 Å². The summed E-state index contributed by atoms with van der Waals surface area (Å²) >= 11 is 0. The Bertz CT molecular complexity index is 922. The molecule has 0 spiro atoms. The highest BCUT2D eigenvalue weighted by Gasteiger charge is 2.21. The van der Waals surface area contributed by atoms with Gasteiger partial charge in [-0.2, -0.15) is 15.4 Å². The van der Waals surface area contributed by atoms with Gasteiger partial charge in [0.15, 0.2) is 0 Å². The molecule has 4 rings (SSSR count). The molecule has 7 heteroatoms. The van der Waals surface area contributed by atoms with Gasteiger partial charge >= 0.3 is 0 Å². The Balaban J connectivity index is 1.39. The van der Waals surface area contributed by atoms with Crippen molar-refractivity contribution in [2.45, 2.75) is 13.0 Å². The van der Waals surface area contributed by atoms with Crippen LogP contribution in [0.2, 0.25) is 0 Å². The maximum Gasteiger partial charge on any atom is 0.253 e. The molecule has 1 amide bonds. The number of nitrogens with one attached hydrogen (secondary N) is 1. The van der Waals surface area contributed by atoms with E-state index in [1.165, 1.54) is 5.56 Å². The third-order valence-corrected chi connectivity index (χ3v) is 5.00. The Morgan fingerprint density at radius 1 is 1.04 bits per heavy atom. The van der Waals surface area contributed by atoms with E-state index in [1.54, 1.807) is 13.2 Å². The Labute approximate surface area is 157 Å². The van der Waals surface area contributed by atoms with Gasteiger partial charge < -0.3 is 9.64 Å². The monoisotopic (exact) mass is 365 g/mol. The average molecular weight is 365 g/mol. The lowest BCUT2D eigenvalue weighted by Gasteiger charge is -2.22. The number of hydrogen-bond acceptors (Lipinski definition) is 5. The second kappa shape index (κ2) is 7.75. The van der Waals surface area contributed by atoms with Crippen LogP contribution >= 0.6 is 0 Å². The number of aromatic amines is 1. The lowest BCUT2D eigenvalue weighted by Crippen LogP contribution is -2.35. The largest absolute Gasteiger partial charge is 0.497 e. The van der Waals surface area contributed by atoms with Crippen molar-refractivity contribution in [3.8, 4) is 5.75 Å². The van der Waals surface area contributed by atoms with Crippen LogP contribution in [-0.4, -0.2) is 64.4 Å². The first-order valence-corrected chi connectivity index (χ1v) is 9.18. The van der Waals surface area contributed by atoms with E-state index in [9.17, 15) is 4.79 Å². The summed E-state index contributed by atoms with van der Waals surface area (Å²) in [5, 5.41) is 10.7. The maximum absolute atomic E-state index is 12.9. The molecule has 27 heavy (non-hydrogen) atoms. The highest BCUT2D eigenvalue weighted by atomic mass is 16.5. The molecule has 1 saturated heterocycles. The standard InChI is InChI=1S/C20H23N5O2/c1-27-17-6-3-15(4-7-17)14-24-9-2-10-25(12-11-24)20(26)16-5-8-18-19(13-16)22-23-21-18/h3-8,13H,2,9-12,14H2,1H3,(H,21,22,23). The lowest BCUT2D eigenvalue weighted by molar-refractivity contribution is 0.0761. The molecule has 0 bridgehead atoms. The van der Waals surface area contributed by atoms with Crippen LogP contribution in [0.1, 0.15) is 22.3 Å². The van der Waals surface area contributed by atoms with Crippen molar-refractivity contribution in [3.63, 3.8) is 0 Å². The summed E-state index contributed by atoms with van der Waals surface area (Å²) in [6.07, 6.45) is 0.966. The molecule has 3 aromatic rings. The fourth-order valence-corrected chi connectivity index (χ4v) is 3.48. The minimum atomic E-state index is 0.0613. The molecule has 0 atom stereocenters. The second-order valence-corrected chi connectivity index (χ2v) is 6.80. The van der Waals surface area contributed by atoms with E-state index in [-0.39, 0.29) is 5.91 Å². The number of carbonyl (C=O) groups is 1. The van der Waals surface area contributed by atoms with Crippen molar-refractivity contribution in [3.05, 3.63) is 53.6 Å². The molecule has 1 aliphatic rings. The summed E-state index contributed by atoms with van der Waals surface area (Å²) in [6, 6.07) is 13.6. The van der Waals surface area contributed by atoms with E-state index in [1.807, 2.05) is 29.2 Å². The van der Waals surface area contributed by atoms with Crippen LogP contribution in [0.4, 0.5) is 0 Å². The van der Waals surface area contributed by atoms with Gasteiger partial charge in [-0.15, -0.1) is 0 Å². The molecule has 1 aromatic heterocycles. The summed E-state index contributed by atoms with van der Waals surface area (Å²) in [5.41, 5.74) is 3.41. The Kier molecular flexibility index (Phi) is 5.02. The predicted molar refractivity (Wildman–Crippen MR) is 103 cm³/mol. The van der Waals surface area contributed by atoms with Crippen LogP contribution in [0.5, 0.6) is 5.75 Å². The number of nitrogens with zero attached hydrogens (tertiary/aromatic N) is 4. The van der Waals surface area contributed by atoms with Gasteiger partial charge in [0.25, 0.3) is 5.91 Å². The van der Waals surface area contributed by atoms with Gasteiger partial charge in [-0.1, -0.05) is 12.1 Å². The van der Waals surface area contributed by atoms with E-state index in [4.69, 9.17) is 4.74 Å². The highest BCUT2D eigenvalue weighted by Crippen LogP contribution is 2.16. The zero-order valence-electron chi connectivity index (χ0n) is 15.4. The third kappa shape index (κ3) is 3.93. The molecule has 7 nitrogen and oxygen atoms in total. The number of aromatic nitrogens is 3. The fourth-order valence-electron chi connectivity index (χ4n) is 3.48. The first-order chi connectivity index (χ1) is 13.2. The van der Waals surface area contributed by atoms with Gasteiger partial charge in [0.1, 0.15) is 16.8 Å². The molecule has 0 radical (unpaired) electrons. The number of hydrogen-bond donors (Lipinski definition) is 1. The number of rotatable bonds is 4. The van der Waals surface area contributed by atoms with Crippen molar-refractivity contribution in [2.24, 2.45) is 0 Å². The van der Waals surface area contributed by atoms with Crippen LogP contribution in [0, 0.1) is 0 Å². The minimum Gasteiger partial charge on any atom is -0.497 e. The summed E-state index contributed by atoms with van der Waals surface area (Å²) in [7, 11) is 1.68. The van der Waals surface area contributed by atoms with E-state index in [2.05, 4.69) is 32.4 Å². The topological polar surface area (TPSA) is 74.3 Å². The number of benzene rings is 2. The van der Waals surface area contributed by atoms with Crippen molar-refractivity contribution in [1.82, 2.24) is 25.2 Å². The van der Waals surface area contributed by atoms with Gasteiger partial charge in [0, 0.05) is 38.3 Å². The van der Waals surface area contributed by atoms with Crippen LogP contribution in [-0.2, 0) is 6.54 Å². The summed E-state index contributed by atoms with van der Waals surface area (Å²) in [6.45, 7) is 4.24. The lowest BCUT2D eigenvalue weighted by atomic mass is 10.1. The number of carbonyl (C=O) groups excluding carboxylic acids is 1. The Morgan fingerprint density at radius 2 is 1.85 bits per heavy atom. The van der Waals surface area contributed by atoms with Crippen molar-refractivity contribution in [2.75, 3.05) is 33.3 Å². The molecule has 1 aliphatic heterocycles. The Hall–Kier alpha value is -2.93. The number of fused-ring (bicyclic) bond motifs is 1. The molecule has 0 aliphatic carbocycles. The van der Waals surface area contributed by atoms with E-state index in [0.29, 0.717) is 5.56 Å². The third-order valence-electron chi connectivity index (χ3n) is 5.00. The number of H-pyrrole nitrogens is 1. The SMILES string of the molecule is COc1ccc(CN2CCCN(C(=O)c3ccc4n[nH]nc4c3)CC2)cc1. The maximum atomic E-state index is 12.9. The highest BCUT2D eigenvalue weighted by molar-refractivity contribution is 5.97. The van der Waals surface area contributed by atoms with E-state index >= 15 is 0 Å². The first kappa shape index (κ1) is 17.5. The molecule has 2 aromatic carbocycles. The van der Waals surface area contributed by atoms with Gasteiger partial charge in [-0.3, -0.25) is 9.69 Å².